The summed E-state index contributed by atoms with van der Waals surface area (Å²) in [4.78, 5) is 21.5. The van der Waals surface area contributed by atoms with Gasteiger partial charge in [0.15, 0.2) is 10.8 Å². The first kappa shape index (κ1) is 22.5. The van der Waals surface area contributed by atoms with Gasteiger partial charge in [-0.2, -0.15) is 5.10 Å². The maximum absolute atomic E-state index is 12.0. The van der Waals surface area contributed by atoms with Crippen molar-refractivity contribution < 1.29 is 4.79 Å². The number of carbonyl (C=O) groups is 1. The molecule has 156 valence electrons. The summed E-state index contributed by atoms with van der Waals surface area (Å²) in [5.74, 6) is 2.40. The fourth-order valence-electron chi connectivity index (χ4n) is 2.64. The van der Waals surface area contributed by atoms with E-state index in [2.05, 4.69) is 57.3 Å². The van der Waals surface area contributed by atoms with Gasteiger partial charge in [0.25, 0.3) is 0 Å². The van der Waals surface area contributed by atoms with Gasteiger partial charge >= 0.3 is 0 Å². The number of anilines is 1. The average Bonchev–Trinajstić information content (AvgIpc) is 2.99. The van der Waals surface area contributed by atoms with Crippen LogP contribution in [0.2, 0.25) is 0 Å². The van der Waals surface area contributed by atoms with E-state index >= 15 is 0 Å². The second kappa shape index (κ2) is 10.1. The zero-order valence-electron chi connectivity index (χ0n) is 18.0. The number of rotatable bonds is 10. The molecule has 0 spiro atoms. The van der Waals surface area contributed by atoms with Crippen molar-refractivity contribution in [1.82, 2.24) is 25.1 Å². The van der Waals surface area contributed by atoms with Crippen LogP contribution in [0.5, 0.6) is 0 Å². The SMILES string of the molecule is CCCSc1nc(NCC(C)C)c2cnn(CCNC(=O)CC(C)(C)C)c2n1. The van der Waals surface area contributed by atoms with Crippen molar-refractivity contribution in [2.75, 3.05) is 24.2 Å². The van der Waals surface area contributed by atoms with Crippen LogP contribution < -0.4 is 10.6 Å². The highest BCUT2D eigenvalue weighted by Gasteiger charge is 2.16. The minimum Gasteiger partial charge on any atom is -0.369 e. The Bertz CT molecular complexity index is 781. The molecule has 28 heavy (non-hydrogen) atoms. The minimum absolute atomic E-state index is 0.0158. The highest BCUT2D eigenvalue weighted by Crippen LogP contribution is 2.25. The molecule has 2 aromatic rings. The average molecular weight is 407 g/mol. The van der Waals surface area contributed by atoms with Gasteiger partial charge in [-0.15, -0.1) is 0 Å². The van der Waals surface area contributed by atoms with E-state index in [0.717, 1.165) is 40.7 Å². The third-order valence-electron chi connectivity index (χ3n) is 3.93. The predicted molar refractivity (Wildman–Crippen MR) is 117 cm³/mol. The summed E-state index contributed by atoms with van der Waals surface area (Å²) in [6, 6.07) is 0. The van der Waals surface area contributed by atoms with Gasteiger partial charge < -0.3 is 10.6 Å². The van der Waals surface area contributed by atoms with E-state index in [-0.39, 0.29) is 11.3 Å². The Morgan fingerprint density at radius 3 is 2.68 bits per heavy atom. The molecule has 0 saturated heterocycles. The Hall–Kier alpha value is -1.83. The molecule has 0 bridgehead atoms. The molecule has 0 fully saturated rings. The lowest BCUT2D eigenvalue weighted by atomic mass is 9.92. The molecule has 1 amide bonds. The standard InChI is InChI=1S/C20H34N6OS/c1-7-10-28-19-24-17(22-12-14(2)3)15-13-23-26(18(15)25-19)9-8-21-16(27)11-20(4,5)6/h13-14H,7-12H2,1-6H3,(H,21,27)(H,22,24,25). The van der Waals surface area contributed by atoms with Crippen molar-refractivity contribution in [3.63, 3.8) is 0 Å². The third kappa shape index (κ3) is 6.96. The predicted octanol–water partition coefficient (Wildman–Crippen LogP) is 3.95. The lowest BCUT2D eigenvalue weighted by Gasteiger charge is -2.17. The molecule has 0 radical (unpaired) electrons. The van der Waals surface area contributed by atoms with E-state index in [1.807, 2.05) is 10.9 Å². The fraction of sp³-hybridized carbons (Fsp3) is 0.700. The number of amides is 1. The molecule has 7 nitrogen and oxygen atoms in total. The van der Waals surface area contributed by atoms with Gasteiger partial charge in [0.2, 0.25) is 5.91 Å². The Kier molecular flexibility index (Phi) is 8.10. The highest BCUT2D eigenvalue weighted by atomic mass is 32.2. The molecule has 2 N–H and O–H groups in total. The number of hydrogen-bond acceptors (Lipinski definition) is 6. The van der Waals surface area contributed by atoms with Crippen molar-refractivity contribution in [2.45, 2.75) is 66.1 Å². The molecule has 0 saturated carbocycles. The highest BCUT2D eigenvalue weighted by molar-refractivity contribution is 7.99. The Morgan fingerprint density at radius 2 is 2.04 bits per heavy atom. The molecule has 0 aromatic carbocycles. The van der Waals surface area contributed by atoms with Crippen molar-refractivity contribution in [1.29, 1.82) is 0 Å². The fourth-order valence-corrected chi connectivity index (χ4v) is 3.33. The van der Waals surface area contributed by atoms with Gasteiger partial charge in [0, 0.05) is 25.3 Å². The van der Waals surface area contributed by atoms with E-state index < -0.39 is 0 Å². The van der Waals surface area contributed by atoms with Crippen LogP contribution >= 0.6 is 11.8 Å². The van der Waals surface area contributed by atoms with E-state index in [1.165, 1.54) is 0 Å². The summed E-state index contributed by atoms with van der Waals surface area (Å²) in [5.41, 5.74) is 0.794. The zero-order valence-corrected chi connectivity index (χ0v) is 18.8. The first-order chi connectivity index (χ1) is 13.2. The first-order valence-electron chi connectivity index (χ1n) is 10.1. The summed E-state index contributed by atoms with van der Waals surface area (Å²) in [6.07, 6.45) is 3.39. The number of carbonyl (C=O) groups excluding carboxylic acids is 1. The molecular weight excluding hydrogens is 372 g/mol. The number of nitrogens with zero attached hydrogens (tertiary/aromatic N) is 4. The number of fused-ring (bicyclic) bond motifs is 1. The Morgan fingerprint density at radius 1 is 1.29 bits per heavy atom. The summed E-state index contributed by atoms with van der Waals surface area (Å²) in [7, 11) is 0. The van der Waals surface area contributed by atoms with Crippen LogP contribution in [0, 0.1) is 11.3 Å². The largest absolute Gasteiger partial charge is 0.369 e. The quantitative estimate of drug-likeness (QED) is 0.459. The molecule has 8 heteroatoms. The second-order valence-corrected chi connectivity index (χ2v) is 9.73. The monoisotopic (exact) mass is 406 g/mol. The van der Waals surface area contributed by atoms with Crippen molar-refractivity contribution in [3.8, 4) is 0 Å². The van der Waals surface area contributed by atoms with E-state index in [9.17, 15) is 4.79 Å². The van der Waals surface area contributed by atoms with Crippen molar-refractivity contribution in [2.24, 2.45) is 11.3 Å². The van der Waals surface area contributed by atoms with Gasteiger partial charge in [0.1, 0.15) is 5.82 Å². The molecule has 2 heterocycles. The summed E-state index contributed by atoms with van der Waals surface area (Å²) < 4.78 is 1.85. The molecule has 2 aromatic heterocycles. The van der Waals surface area contributed by atoms with E-state index in [4.69, 9.17) is 9.97 Å². The van der Waals surface area contributed by atoms with Crippen LogP contribution in [-0.2, 0) is 11.3 Å². The minimum atomic E-state index is -0.0158. The molecule has 0 atom stereocenters. The number of nitrogens with one attached hydrogen (secondary N) is 2. The van der Waals surface area contributed by atoms with Gasteiger partial charge in [0.05, 0.1) is 18.1 Å². The van der Waals surface area contributed by atoms with Gasteiger partial charge in [-0.1, -0.05) is 53.3 Å². The topological polar surface area (TPSA) is 84.7 Å². The van der Waals surface area contributed by atoms with Crippen LogP contribution in [0.15, 0.2) is 11.4 Å². The smallest absolute Gasteiger partial charge is 0.220 e. The lowest BCUT2D eigenvalue weighted by molar-refractivity contribution is -0.122. The van der Waals surface area contributed by atoms with E-state index in [0.29, 0.717) is 25.4 Å². The molecular formula is C20H34N6OS. The molecule has 0 unspecified atom stereocenters. The third-order valence-corrected chi connectivity index (χ3v) is 4.98. The number of hydrogen-bond donors (Lipinski definition) is 2. The molecule has 0 aliphatic rings. The van der Waals surface area contributed by atoms with Crippen LogP contribution in [-0.4, -0.2) is 44.5 Å². The summed E-state index contributed by atoms with van der Waals surface area (Å²) in [6.45, 7) is 14.6. The van der Waals surface area contributed by atoms with Gasteiger partial charge in [-0.3, -0.25) is 4.79 Å². The summed E-state index contributed by atoms with van der Waals surface area (Å²) in [5, 5.41) is 12.6. The van der Waals surface area contributed by atoms with Crippen molar-refractivity contribution >= 4 is 34.5 Å². The molecule has 0 aliphatic carbocycles. The molecule has 0 aliphatic heterocycles. The second-order valence-electron chi connectivity index (χ2n) is 8.67. The van der Waals surface area contributed by atoms with Crippen LogP contribution in [0.25, 0.3) is 11.0 Å². The van der Waals surface area contributed by atoms with Crippen molar-refractivity contribution in [3.05, 3.63) is 6.20 Å². The maximum Gasteiger partial charge on any atom is 0.220 e. The van der Waals surface area contributed by atoms with E-state index in [1.54, 1.807) is 11.8 Å². The van der Waals surface area contributed by atoms with Crippen LogP contribution in [0.4, 0.5) is 5.82 Å². The summed E-state index contributed by atoms with van der Waals surface area (Å²) >= 11 is 1.66. The lowest BCUT2D eigenvalue weighted by Crippen LogP contribution is -2.30. The number of aromatic nitrogens is 4. The molecule has 2 rings (SSSR count). The zero-order chi connectivity index (χ0) is 20.7. The Balaban J connectivity index is 2.15. The van der Waals surface area contributed by atoms with Crippen LogP contribution in [0.1, 0.15) is 54.4 Å². The van der Waals surface area contributed by atoms with Crippen LogP contribution in [0.3, 0.4) is 0 Å². The normalized spacial score (nSPS) is 12.0. The Labute approximate surface area is 172 Å². The van der Waals surface area contributed by atoms with Gasteiger partial charge in [-0.25, -0.2) is 14.6 Å². The maximum atomic E-state index is 12.0. The number of thioether (sulfide) groups is 1. The van der Waals surface area contributed by atoms with Gasteiger partial charge in [-0.05, 0) is 17.8 Å². The first-order valence-corrected chi connectivity index (χ1v) is 11.0.